The van der Waals surface area contributed by atoms with Gasteiger partial charge in [-0.2, -0.15) is 0 Å². The van der Waals surface area contributed by atoms with E-state index >= 15 is 4.39 Å². The third-order valence-electron chi connectivity index (χ3n) is 6.24. The Labute approximate surface area is 152 Å². The van der Waals surface area contributed by atoms with Gasteiger partial charge in [0.05, 0.1) is 7.11 Å². The molecule has 3 aliphatic rings. The summed E-state index contributed by atoms with van der Waals surface area (Å²) in [6, 6.07) is 12.0. The Balaban J connectivity index is 1.42. The first-order valence-corrected chi connectivity index (χ1v) is 9.41. The summed E-state index contributed by atoms with van der Waals surface area (Å²) < 4.78 is 33.9. The van der Waals surface area contributed by atoms with Gasteiger partial charge in [0.25, 0.3) is 0 Å². The monoisotopic (exact) mass is 355 g/mol. The van der Waals surface area contributed by atoms with E-state index in [1.165, 1.54) is 5.56 Å². The topological polar surface area (TPSA) is 12.5 Å². The maximum Gasteiger partial charge on any atom is 0.130 e. The van der Waals surface area contributed by atoms with Crippen molar-refractivity contribution in [3.8, 4) is 5.75 Å². The van der Waals surface area contributed by atoms with Crippen LogP contribution >= 0.6 is 0 Å². The zero-order valence-electron chi connectivity index (χ0n) is 15.0. The second-order valence-corrected chi connectivity index (χ2v) is 8.13. The number of methoxy groups -OCH3 is 1. The summed E-state index contributed by atoms with van der Waals surface area (Å²) >= 11 is 0. The van der Waals surface area contributed by atoms with Gasteiger partial charge in [-0.1, -0.05) is 24.3 Å². The average molecular weight is 355 g/mol. The minimum Gasteiger partial charge on any atom is -0.497 e. The normalized spacial score (nSPS) is 25.8. The molecule has 2 atom stereocenters. The third-order valence-corrected chi connectivity index (χ3v) is 6.24. The van der Waals surface area contributed by atoms with E-state index in [1.54, 1.807) is 7.11 Å². The lowest BCUT2D eigenvalue weighted by Gasteiger charge is -2.36. The quantitative estimate of drug-likeness (QED) is 0.788. The predicted molar refractivity (Wildman–Crippen MR) is 96.7 cm³/mol. The molecule has 2 aromatic carbocycles. The van der Waals surface area contributed by atoms with Crippen molar-refractivity contribution in [2.75, 3.05) is 13.7 Å². The van der Waals surface area contributed by atoms with Gasteiger partial charge >= 0.3 is 0 Å². The number of alkyl halides is 1. The zero-order chi connectivity index (χ0) is 17.9. The lowest BCUT2D eigenvalue weighted by atomic mass is 9.84. The van der Waals surface area contributed by atoms with Crippen LogP contribution in [-0.2, 0) is 18.5 Å². The van der Waals surface area contributed by atoms with Crippen molar-refractivity contribution >= 4 is 0 Å². The number of hydrogen-bond donors (Lipinski definition) is 0. The van der Waals surface area contributed by atoms with Crippen molar-refractivity contribution in [1.29, 1.82) is 0 Å². The van der Waals surface area contributed by atoms with Crippen LogP contribution < -0.4 is 4.74 Å². The summed E-state index contributed by atoms with van der Waals surface area (Å²) in [6.07, 6.45) is 1.69. The van der Waals surface area contributed by atoms with Crippen molar-refractivity contribution in [2.45, 2.75) is 49.9 Å². The summed E-state index contributed by atoms with van der Waals surface area (Å²) in [5, 5.41) is 0. The Morgan fingerprint density at radius 3 is 2.50 bits per heavy atom. The van der Waals surface area contributed by atoms with Gasteiger partial charge in [0.15, 0.2) is 0 Å². The van der Waals surface area contributed by atoms with E-state index in [0.29, 0.717) is 12.0 Å². The number of rotatable bonds is 4. The first-order valence-electron chi connectivity index (χ1n) is 9.41. The molecule has 0 radical (unpaired) electrons. The smallest absolute Gasteiger partial charge is 0.130 e. The van der Waals surface area contributed by atoms with Crippen molar-refractivity contribution in [1.82, 2.24) is 4.90 Å². The third kappa shape index (κ3) is 2.62. The summed E-state index contributed by atoms with van der Waals surface area (Å²) in [7, 11) is 1.67. The van der Waals surface area contributed by atoms with Crippen LogP contribution in [0, 0.1) is 5.82 Å². The van der Waals surface area contributed by atoms with Crippen molar-refractivity contribution in [3.05, 3.63) is 64.5 Å². The maximum atomic E-state index is 15.2. The van der Waals surface area contributed by atoms with Gasteiger partial charge in [-0.05, 0) is 48.1 Å². The molecule has 2 fully saturated rings. The SMILES string of the molecule is COc1ccc(CN2Cc3ccc(C4CC4F)c(F)c3C3(CC3)C2)cc1. The van der Waals surface area contributed by atoms with E-state index in [1.807, 2.05) is 24.3 Å². The van der Waals surface area contributed by atoms with Crippen LogP contribution in [-0.4, -0.2) is 24.7 Å². The molecule has 2 unspecified atom stereocenters. The molecule has 0 amide bonds. The van der Waals surface area contributed by atoms with Gasteiger partial charge in [0.1, 0.15) is 17.7 Å². The second kappa shape index (κ2) is 5.78. The summed E-state index contributed by atoms with van der Waals surface area (Å²) in [4.78, 5) is 2.41. The maximum absolute atomic E-state index is 15.2. The van der Waals surface area contributed by atoms with Crippen molar-refractivity contribution < 1.29 is 13.5 Å². The summed E-state index contributed by atoms with van der Waals surface area (Å²) in [6.45, 7) is 2.49. The van der Waals surface area contributed by atoms with Gasteiger partial charge in [0, 0.05) is 36.5 Å². The molecule has 5 rings (SSSR count). The Morgan fingerprint density at radius 2 is 1.88 bits per heavy atom. The van der Waals surface area contributed by atoms with Crippen LogP contribution in [0.2, 0.25) is 0 Å². The van der Waals surface area contributed by atoms with Crippen LogP contribution in [0.3, 0.4) is 0 Å². The highest BCUT2D eigenvalue weighted by atomic mass is 19.1. The molecular formula is C22H23F2NO. The molecule has 1 heterocycles. The number of hydrogen-bond acceptors (Lipinski definition) is 2. The fourth-order valence-electron chi connectivity index (χ4n) is 4.57. The molecule has 136 valence electrons. The van der Waals surface area contributed by atoms with E-state index in [-0.39, 0.29) is 17.2 Å². The molecule has 1 spiro atoms. The molecule has 1 aliphatic heterocycles. The van der Waals surface area contributed by atoms with Gasteiger partial charge < -0.3 is 4.74 Å². The highest BCUT2D eigenvalue weighted by Gasteiger charge is 2.52. The summed E-state index contributed by atoms with van der Waals surface area (Å²) in [5.41, 5.74) is 3.76. The van der Waals surface area contributed by atoms with Crippen LogP contribution in [0.5, 0.6) is 5.75 Å². The number of benzene rings is 2. The molecule has 0 saturated heterocycles. The molecule has 26 heavy (non-hydrogen) atoms. The first kappa shape index (κ1) is 16.2. The number of halogens is 2. The van der Waals surface area contributed by atoms with Gasteiger partial charge in [-0.25, -0.2) is 8.78 Å². The molecule has 2 aromatic rings. The van der Waals surface area contributed by atoms with E-state index in [0.717, 1.165) is 49.4 Å². The standard InChI is InChI=1S/C22H23F2NO/c1-26-16-5-2-14(3-6-16)11-25-12-15-4-7-17(18-10-19(18)23)21(24)20(15)22(13-25)8-9-22/h2-7,18-19H,8-13H2,1H3. The molecule has 0 bridgehead atoms. The molecule has 4 heteroatoms. The number of nitrogens with zero attached hydrogens (tertiary/aromatic N) is 1. The minimum absolute atomic E-state index is 0.0547. The lowest BCUT2D eigenvalue weighted by molar-refractivity contribution is 0.209. The Hall–Kier alpha value is -1.94. The summed E-state index contributed by atoms with van der Waals surface area (Å²) in [5.74, 6) is 0.528. The predicted octanol–water partition coefficient (Wildman–Crippen LogP) is 4.71. The van der Waals surface area contributed by atoms with Crippen LogP contribution in [0.1, 0.15) is 47.4 Å². The van der Waals surface area contributed by atoms with E-state index in [4.69, 9.17) is 4.74 Å². The van der Waals surface area contributed by atoms with Crippen LogP contribution in [0.25, 0.3) is 0 Å². The highest BCUT2D eigenvalue weighted by molar-refractivity contribution is 5.47. The van der Waals surface area contributed by atoms with Gasteiger partial charge in [-0.3, -0.25) is 4.90 Å². The second-order valence-electron chi connectivity index (χ2n) is 8.13. The van der Waals surface area contributed by atoms with Crippen LogP contribution in [0.15, 0.2) is 36.4 Å². The molecule has 2 nitrogen and oxygen atoms in total. The highest BCUT2D eigenvalue weighted by Crippen LogP contribution is 2.55. The fourth-order valence-corrected chi connectivity index (χ4v) is 4.57. The van der Waals surface area contributed by atoms with Crippen LogP contribution in [0.4, 0.5) is 8.78 Å². The first-order chi connectivity index (χ1) is 12.6. The average Bonchev–Trinajstić information content (AvgIpc) is 3.55. The van der Waals surface area contributed by atoms with Crippen molar-refractivity contribution in [2.24, 2.45) is 0 Å². The van der Waals surface area contributed by atoms with Gasteiger partial charge in [-0.15, -0.1) is 0 Å². The fraction of sp³-hybridized carbons (Fsp3) is 0.455. The minimum atomic E-state index is -0.854. The molecule has 0 N–H and O–H groups in total. The molecular weight excluding hydrogens is 332 g/mol. The number of ether oxygens (including phenoxy) is 1. The zero-order valence-corrected chi connectivity index (χ0v) is 15.0. The number of fused-ring (bicyclic) bond motifs is 2. The van der Waals surface area contributed by atoms with E-state index in [2.05, 4.69) is 17.0 Å². The van der Waals surface area contributed by atoms with Gasteiger partial charge in [0.2, 0.25) is 0 Å². The molecule has 0 aromatic heterocycles. The van der Waals surface area contributed by atoms with E-state index < -0.39 is 6.17 Å². The Morgan fingerprint density at radius 1 is 1.15 bits per heavy atom. The van der Waals surface area contributed by atoms with E-state index in [9.17, 15) is 4.39 Å². The lowest BCUT2D eigenvalue weighted by Crippen LogP contribution is -2.38. The molecule has 2 saturated carbocycles. The largest absolute Gasteiger partial charge is 0.497 e. The molecule has 2 aliphatic carbocycles. The Bertz CT molecular complexity index is 844. The Kier molecular flexibility index (Phi) is 3.61. The van der Waals surface area contributed by atoms with Crippen molar-refractivity contribution in [3.63, 3.8) is 0 Å².